The first-order valence-electron chi connectivity index (χ1n) is 6.29. The van der Waals surface area contributed by atoms with Crippen molar-refractivity contribution in [2.24, 2.45) is 5.92 Å². The van der Waals surface area contributed by atoms with E-state index in [1.54, 1.807) is 0 Å². The highest BCUT2D eigenvalue weighted by molar-refractivity contribution is 5.80. The van der Waals surface area contributed by atoms with Gasteiger partial charge in [-0.1, -0.05) is 31.0 Å². The summed E-state index contributed by atoms with van der Waals surface area (Å²) in [5, 5.41) is 10.1. The highest BCUT2D eigenvalue weighted by Gasteiger charge is 2.21. The Kier molecular flexibility index (Phi) is 2.85. The van der Waals surface area contributed by atoms with Gasteiger partial charge in [0, 0.05) is 5.39 Å². The van der Waals surface area contributed by atoms with E-state index in [-0.39, 0.29) is 0 Å². The second kappa shape index (κ2) is 4.66. The van der Waals surface area contributed by atoms with E-state index < -0.39 is 0 Å². The molecule has 1 aliphatic carbocycles. The summed E-state index contributed by atoms with van der Waals surface area (Å²) in [4.78, 5) is 4.42. The Morgan fingerprint density at radius 2 is 2.17 bits per heavy atom. The first kappa shape index (κ1) is 11.0. The maximum absolute atomic E-state index is 9.13. The van der Waals surface area contributed by atoms with Crippen LogP contribution >= 0.6 is 0 Å². The van der Waals surface area contributed by atoms with Gasteiger partial charge < -0.3 is 4.74 Å². The molecule has 0 saturated heterocycles. The van der Waals surface area contributed by atoms with Crippen molar-refractivity contribution in [3.8, 4) is 11.9 Å². The molecule has 0 bridgehead atoms. The van der Waals surface area contributed by atoms with Gasteiger partial charge in [-0.3, -0.25) is 0 Å². The quantitative estimate of drug-likeness (QED) is 0.821. The molecule has 0 unspecified atom stereocenters. The third kappa shape index (κ3) is 2.28. The Morgan fingerprint density at radius 1 is 1.33 bits per heavy atom. The first-order valence-corrected chi connectivity index (χ1v) is 6.29. The standard InChI is InChI=1S/C15H14N2O/c16-10-13-9-12-3-1-2-4-14(12)17-15(13)18-8-7-11-5-6-11/h1-4,9,11H,5-8H2. The molecule has 1 saturated carbocycles. The number of benzene rings is 1. The molecule has 18 heavy (non-hydrogen) atoms. The summed E-state index contributed by atoms with van der Waals surface area (Å²) in [5.41, 5.74) is 1.39. The second-order valence-electron chi connectivity index (χ2n) is 4.73. The van der Waals surface area contributed by atoms with E-state index in [1.165, 1.54) is 12.8 Å². The van der Waals surface area contributed by atoms with Crippen LogP contribution in [0.5, 0.6) is 5.88 Å². The Bertz CT molecular complexity index is 611. The molecule has 0 atom stereocenters. The van der Waals surface area contributed by atoms with E-state index in [0.29, 0.717) is 18.1 Å². The van der Waals surface area contributed by atoms with E-state index in [0.717, 1.165) is 23.2 Å². The van der Waals surface area contributed by atoms with Gasteiger partial charge in [0.25, 0.3) is 0 Å². The average Bonchev–Trinajstić information content (AvgIpc) is 3.22. The lowest BCUT2D eigenvalue weighted by Crippen LogP contribution is -2.02. The Hall–Kier alpha value is -2.08. The van der Waals surface area contributed by atoms with Crippen LogP contribution in [0, 0.1) is 17.2 Å². The molecule has 1 aromatic carbocycles. The molecule has 0 aliphatic heterocycles. The van der Waals surface area contributed by atoms with Crippen LogP contribution in [-0.4, -0.2) is 11.6 Å². The summed E-state index contributed by atoms with van der Waals surface area (Å²) >= 11 is 0. The molecule has 1 aliphatic rings. The summed E-state index contributed by atoms with van der Waals surface area (Å²) < 4.78 is 5.65. The number of nitriles is 1. The molecule has 0 N–H and O–H groups in total. The number of hydrogen-bond donors (Lipinski definition) is 0. The normalized spacial score (nSPS) is 14.4. The fourth-order valence-electron chi connectivity index (χ4n) is 2.02. The molecular formula is C15H14N2O. The van der Waals surface area contributed by atoms with Crippen molar-refractivity contribution in [3.05, 3.63) is 35.9 Å². The van der Waals surface area contributed by atoms with Crippen molar-refractivity contribution in [1.29, 1.82) is 5.26 Å². The van der Waals surface area contributed by atoms with E-state index >= 15 is 0 Å². The van der Waals surface area contributed by atoms with E-state index in [4.69, 9.17) is 10.00 Å². The molecule has 0 radical (unpaired) electrons. The number of rotatable bonds is 4. The molecule has 0 amide bonds. The number of pyridine rings is 1. The zero-order valence-electron chi connectivity index (χ0n) is 10.1. The highest BCUT2D eigenvalue weighted by Crippen LogP contribution is 2.32. The molecule has 3 heteroatoms. The lowest BCUT2D eigenvalue weighted by atomic mass is 10.1. The van der Waals surface area contributed by atoms with Gasteiger partial charge in [-0.2, -0.15) is 5.26 Å². The lowest BCUT2D eigenvalue weighted by molar-refractivity contribution is 0.291. The topological polar surface area (TPSA) is 45.9 Å². The number of hydrogen-bond acceptors (Lipinski definition) is 3. The van der Waals surface area contributed by atoms with Gasteiger partial charge in [0.15, 0.2) is 0 Å². The number of fused-ring (bicyclic) bond motifs is 1. The van der Waals surface area contributed by atoms with Crippen LogP contribution in [0.1, 0.15) is 24.8 Å². The third-order valence-corrected chi connectivity index (χ3v) is 3.27. The minimum atomic E-state index is 0.469. The van der Waals surface area contributed by atoms with Gasteiger partial charge in [0.2, 0.25) is 5.88 Å². The fraction of sp³-hybridized carbons (Fsp3) is 0.333. The zero-order valence-corrected chi connectivity index (χ0v) is 10.1. The Labute approximate surface area is 106 Å². The third-order valence-electron chi connectivity index (χ3n) is 3.27. The van der Waals surface area contributed by atoms with Gasteiger partial charge in [-0.25, -0.2) is 4.98 Å². The van der Waals surface area contributed by atoms with Gasteiger partial charge in [0.05, 0.1) is 12.1 Å². The van der Waals surface area contributed by atoms with Crippen LogP contribution in [0.4, 0.5) is 0 Å². The SMILES string of the molecule is N#Cc1cc2ccccc2nc1OCCC1CC1. The predicted molar refractivity (Wildman–Crippen MR) is 69.3 cm³/mol. The number of ether oxygens (including phenoxy) is 1. The minimum absolute atomic E-state index is 0.469. The van der Waals surface area contributed by atoms with Crippen molar-refractivity contribution in [2.45, 2.75) is 19.3 Å². The fourth-order valence-corrected chi connectivity index (χ4v) is 2.02. The first-order chi connectivity index (χ1) is 8.86. The highest BCUT2D eigenvalue weighted by atomic mass is 16.5. The summed E-state index contributed by atoms with van der Waals surface area (Å²) in [6, 6.07) is 11.8. The number of para-hydroxylation sites is 1. The van der Waals surface area contributed by atoms with E-state index in [2.05, 4.69) is 11.1 Å². The van der Waals surface area contributed by atoms with Crippen molar-refractivity contribution in [2.75, 3.05) is 6.61 Å². The zero-order chi connectivity index (χ0) is 12.4. The smallest absolute Gasteiger partial charge is 0.232 e. The molecule has 3 rings (SSSR count). The van der Waals surface area contributed by atoms with Crippen LogP contribution < -0.4 is 4.74 Å². The van der Waals surface area contributed by atoms with E-state index in [1.807, 2.05) is 30.3 Å². The molecule has 1 heterocycles. The van der Waals surface area contributed by atoms with Crippen molar-refractivity contribution in [1.82, 2.24) is 4.98 Å². The van der Waals surface area contributed by atoms with Crippen LogP contribution in [0.2, 0.25) is 0 Å². The summed E-state index contributed by atoms with van der Waals surface area (Å²) in [6.45, 7) is 0.657. The van der Waals surface area contributed by atoms with Gasteiger partial charge >= 0.3 is 0 Å². The van der Waals surface area contributed by atoms with Crippen LogP contribution in [-0.2, 0) is 0 Å². The maximum Gasteiger partial charge on any atom is 0.232 e. The predicted octanol–water partition coefficient (Wildman–Crippen LogP) is 3.29. The molecule has 1 fully saturated rings. The van der Waals surface area contributed by atoms with Crippen molar-refractivity contribution < 1.29 is 4.74 Å². The van der Waals surface area contributed by atoms with Crippen LogP contribution in [0.15, 0.2) is 30.3 Å². The summed E-state index contributed by atoms with van der Waals surface area (Å²) in [5.74, 6) is 1.30. The number of nitrogens with zero attached hydrogens (tertiary/aromatic N) is 2. The summed E-state index contributed by atoms with van der Waals surface area (Å²) in [6.07, 6.45) is 3.71. The second-order valence-corrected chi connectivity index (χ2v) is 4.73. The van der Waals surface area contributed by atoms with Gasteiger partial charge in [0.1, 0.15) is 11.6 Å². The number of aromatic nitrogens is 1. The molecular weight excluding hydrogens is 224 g/mol. The monoisotopic (exact) mass is 238 g/mol. The molecule has 90 valence electrons. The van der Waals surface area contributed by atoms with E-state index in [9.17, 15) is 0 Å². The van der Waals surface area contributed by atoms with Crippen molar-refractivity contribution >= 4 is 10.9 Å². The van der Waals surface area contributed by atoms with Crippen LogP contribution in [0.3, 0.4) is 0 Å². The molecule has 3 nitrogen and oxygen atoms in total. The lowest BCUT2D eigenvalue weighted by Gasteiger charge is -2.07. The molecule has 0 spiro atoms. The summed E-state index contributed by atoms with van der Waals surface area (Å²) in [7, 11) is 0. The molecule has 1 aromatic heterocycles. The Balaban J connectivity index is 1.86. The van der Waals surface area contributed by atoms with Gasteiger partial charge in [-0.15, -0.1) is 0 Å². The largest absolute Gasteiger partial charge is 0.477 e. The van der Waals surface area contributed by atoms with Gasteiger partial charge in [-0.05, 0) is 24.5 Å². The van der Waals surface area contributed by atoms with Crippen LogP contribution in [0.25, 0.3) is 10.9 Å². The Morgan fingerprint density at radius 3 is 2.94 bits per heavy atom. The maximum atomic E-state index is 9.13. The van der Waals surface area contributed by atoms with Crippen molar-refractivity contribution in [3.63, 3.8) is 0 Å². The average molecular weight is 238 g/mol. The minimum Gasteiger partial charge on any atom is -0.477 e. The molecule has 2 aromatic rings.